The molecule has 0 saturated carbocycles. The van der Waals surface area contributed by atoms with Gasteiger partial charge in [0.05, 0.1) is 10.2 Å². The third-order valence-electron chi connectivity index (χ3n) is 4.78. The molecule has 0 atom stereocenters. The van der Waals surface area contributed by atoms with E-state index in [4.69, 9.17) is 4.98 Å². The summed E-state index contributed by atoms with van der Waals surface area (Å²) >= 11 is 3.41. The second-order valence-electron chi connectivity index (χ2n) is 6.93. The summed E-state index contributed by atoms with van der Waals surface area (Å²) in [5.41, 5.74) is 1.84. The first-order chi connectivity index (χ1) is 13.7. The molecule has 1 aliphatic rings. The van der Waals surface area contributed by atoms with Crippen LogP contribution in [0.2, 0.25) is 0 Å². The first-order valence-electron chi connectivity index (χ1n) is 9.49. The monoisotopic (exact) mass is 412 g/mol. The highest BCUT2D eigenvalue weighted by atomic mass is 32.2. The standard InChI is InChI=1S/C21H24N4OS2/c1-24-10-12-25(13-11-24)21-23-18-8-7-16(15-19(18)28-21)22-20(26)9-14-27-17-5-3-2-4-6-17/h2-8,15H,9-14H2,1H3,(H,22,26). The number of thiazole rings is 1. The minimum atomic E-state index is 0.0478. The number of carbonyl (C=O) groups excluding carboxylic acids is 1. The number of fused-ring (bicyclic) bond motifs is 1. The number of carbonyl (C=O) groups is 1. The van der Waals surface area contributed by atoms with Crippen molar-refractivity contribution in [2.45, 2.75) is 11.3 Å². The Morgan fingerprint density at radius 3 is 2.71 bits per heavy atom. The smallest absolute Gasteiger partial charge is 0.225 e. The number of piperazine rings is 1. The van der Waals surface area contributed by atoms with Gasteiger partial charge in [-0.3, -0.25) is 4.79 Å². The van der Waals surface area contributed by atoms with Gasteiger partial charge in [-0.1, -0.05) is 29.5 Å². The highest BCUT2D eigenvalue weighted by molar-refractivity contribution is 7.99. The van der Waals surface area contributed by atoms with Crippen molar-refractivity contribution < 1.29 is 4.79 Å². The molecule has 1 saturated heterocycles. The van der Waals surface area contributed by atoms with Crippen LogP contribution in [0.5, 0.6) is 0 Å². The maximum absolute atomic E-state index is 12.3. The van der Waals surface area contributed by atoms with Crippen LogP contribution in [0.3, 0.4) is 0 Å². The minimum absolute atomic E-state index is 0.0478. The molecule has 1 amide bonds. The number of thioether (sulfide) groups is 1. The van der Waals surface area contributed by atoms with Gasteiger partial charge in [0.1, 0.15) is 0 Å². The van der Waals surface area contributed by atoms with Crippen LogP contribution in [-0.2, 0) is 4.79 Å². The molecule has 1 fully saturated rings. The number of aromatic nitrogens is 1. The molecule has 146 valence electrons. The molecule has 0 spiro atoms. The minimum Gasteiger partial charge on any atom is -0.345 e. The number of amides is 1. The number of hydrogen-bond acceptors (Lipinski definition) is 6. The predicted octanol–water partition coefficient (Wildman–Crippen LogP) is 4.17. The van der Waals surface area contributed by atoms with Crippen molar-refractivity contribution in [3.8, 4) is 0 Å². The van der Waals surface area contributed by atoms with Crippen LogP contribution in [-0.4, -0.2) is 54.8 Å². The third kappa shape index (κ3) is 4.84. The van der Waals surface area contributed by atoms with E-state index in [9.17, 15) is 4.79 Å². The average molecular weight is 413 g/mol. The second kappa shape index (κ2) is 8.94. The zero-order chi connectivity index (χ0) is 19.3. The van der Waals surface area contributed by atoms with Gasteiger partial charge in [-0.25, -0.2) is 4.98 Å². The Morgan fingerprint density at radius 2 is 1.93 bits per heavy atom. The molecule has 28 heavy (non-hydrogen) atoms. The van der Waals surface area contributed by atoms with Gasteiger partial charge in [0.15, 0.2) is 5.13 Å². The van der Waals surface area contributed by atoms with Crippen LogP contribution in [0.1, 0.15) is 6.42 Å². The van der Waals surface area contributed by atoms with Gasteiger partial charge >= 0.3 is 0 Å². The van der Waals surface area contributed by atoms with E-state index in [1.807, 2.05) is 36.4 Å². The zero-order valence-corrected chi connectivity index (χ0v) is 17.6. The molecule has 7 heteroatoms. The molecule has 3 aromatic rings. The topological polar surface area (TPSA) is 48.5 Å². The quantitative estimate of drug-likeness (QED) is 0.616. The number of hydrogen-bond donors (Lipinski definition) is 1. The molecule has 5 nitrogen and oxygen atoms in total. The van der Waals surface area contributed by atoms with E-state index in [-0.39, 0.29) is 5.91 Å². The molecule has 0 radical (unpaired) electrons. The van der Waals surface area contributed by atoms with Crippen LogP contribution in [0.4, 0.5) is 10.8 Å². The number of anilines is 2. The first-order valence-corrected chi connectivity index (χ1v) is 11.3. The lowest BCUT2D eigenvalue weighted by Gasteiger charge is -2.31. The first kappa shape index (κ1) is 19.2. The Kier molecular flexibility index (Phi) is 6.14. The third-order valence-corrected chi connectivity index (χ3v) is 6.87. The Labute approximate surface area is 173 Å². The van der Waals surface area contributed by atoms with Crippen molar-refractivity contribution in [3.63, 3.8) is 0 Å². The van der Waals surface area contributed by atoms with Crippen molar-refractivity contribution in [2.24, 2.45) is 0 Å². The van der Waals surface area contributed by atoms with Crippen LogP contribution >= 0.6 is 23.1 Å². The van der Waals surface area contributed by atoms with Crippen LogP contribution < -0.4 is 10.2 Å². The summed E-state index contributed by atoms with van der Waals surface area (Å²) in [7, 11) is 2.16. The maximum Gasteiger partial charge on any atom is 0.225 e. The Bertz CT molecular complexity index is 936. The fraction of sp³-hybridized carbons (Fsp3) is 0.333. The lowest BCUT2D eigenvalue weighted by molar-refractivity contribution is -0.115. The van der Waals surface area contributed by atoms with E-state index in [2.05, 4.69) is 34.3 Å². The highest BCUT2D eigenvalue weighted by Crippen LogP contribution is 2.31. The molecular formula is C21H24N4OS2. The normalized spacial score (nSPS) is 15.1. The summed E-state index contributed by atoms with van der Waals surface area (Å²) in [5, 5.41) is 4.10. The molecule has 1 aliphatic heterocycles. The van der Waals surface area contributed by atoms with Gasteiger partial charge in [0, 0.05) is 48.9 Å². The van der Waals surface area contributed by atoms with Crippen LogP contribution in [0, 0.1) is 0 Å². The van der Waals surface area contributed by atoms with E-state index in [0.29, 0.717) is 6.42 Å². The highest BCUT2D eigenvalue weighted by Gasteiger charge is 2.17. The van der Waals surface area contributed by atoms with Crippen LogP contribution in [0.15, 0.2) is 53.4 Å². The molecule has 1 aromatic heterocycles. The van der Waals surface area contributed by atoms with Crippen molar-refractivity contribution >= 4 is 50.0 Å². The van der Waals surface area contributed by atoms with E-state index in [1.54, 1.807) is 23.1 Å². The number of nitrogens with zero attached hydrogens (tertiary/aromatic N) is 3. The molecule has 0 unspecified atom stereocenters. The molecule has 4 rings (SSSR count). The summed E-state index contributed by atoms with van der Waals surface area (Å²) in [5.74, 6) is 0.818. The fourth-order valence-corrected chi connectivity index (χ4v) is 5.05. The van der Waals surface area contributed by atoms with Gasteiger partial charge in [0.2, 0.25) is 5.91 Å². The Hall–Kier alpha value is -2.09. The van der Waals surface area contributed by atoms with E-state index >= 15 is 0 Å². The maximum atomic E-state index is 12.3. The van der Waals surface area contributed by atoms with E-state index in [1.165, 1.54) is 4.90 Å². The zero-order valence-electron chi connectivity index (χ0n) is 15.9. The summed E-state index contributed by atoms with van der Waals surface area (Å²) in [6.07, 6.45) is 0.493. The largest absolute Gasteiger partial charge is 0.345 e. The SMILES string of the molecule is CN1CCN(c2nc3ccc(NC(=O)CCSc4ccccc4)cc3s2)CC1. The Balaban J connectivity index is 1.34. The van der Waals surface area contributed by atoms with Crippen molar-refractivity contribution in [3.05, 3.63) is 48.5 Å². The fourth-order valence-electron chi connectivity index (χ4n) is 3.12. The van der Waals surface area contributed by atoms with Crippen molar-refractivity contribution in [2.75, 3.05) is 49.2 Å². The van der Waals surface area contributed by atoms with Crippen molar-refractivity contribution in [1.82, 2.24) is 9.88 Å². The summed E-state index contributed by atoms with van der Waals surface area (Å²) in [4.78, 5) is 22.9. The lowest BCUT2D eigenvalue weighted by atomic mass is 10.3. The number of benzene rings is 2. The van der Waals surface area contributed by atoms with E-state index in [0.717, 1.165) is 53.0 Å². The van der Waals surface area contributed by atoms with Gasteiger partial charge in [-0.2, -0.15) is 0 Å². The molecule has 0 bridgehead atoms. The summed E-state index contributed by atoms with van der Waals surface area (Å²) < 4.78 is 1.12. The summed E-state index contributed by atoms with van der Waals surface area (Å²) in [6.45, 7) is 4.16. The molecule has 0 aliphatic carbocycles. The molecule has 2 heterocycles. The second-order valence-corrected chi connectivity index (χ2v) is 9.11. The predicted molar refractivity (Wildman–Crippen MR) is 120 cm³/mol. The number of nitrogens with one attached hydrogen (secondary N) is 1. The summed E-state index contributed by atoms with van der Waals surface area (Å²) in [6, 6.07) is 16.1. The molecule has 1 N–H and O–H groups in total. The number of likely N-dealkylation sites (N-methyl/N-ethyl adjacent to an activating group) is 1. The lowest BCUT2D eigenvalue weighted by Crippen LogP contribution is -2.44. The molecule has 2 aromatic carbocycles. The van der Waals surface area contributed by atoms with Crippen LogP contribution in [0.25, 0.3) is 10.2 Å². The van der Waals surface area contributed by atoms with E-state index < -0.39 is 0 Å². The Morgan fingerprint density at radius 1 is 1.14 bits per heavy atom. The van der Waals surface area contributed by atoms with Gasteiger partial charge in [0.25, 0.3) is 0 Å². The number of rotatable bonds is 6. The molecular weight excluding hydrogens is 388 g/mol. The van der Waals surface area contributed by atoms with Gasteiger partial charge in [-0.15, -0.1) is 11.8 Å². The van der Waals surface area contributed by atoms with Crippen molar-refractivity contribution in [1.29, 1.82) is 0 Å². The average Bonchev–Trinajstić information content (AvgIpc) is 3.13. The van der Waals surface area contributed by atoms with Gasteiger partial charge < -0.3 is 15.1 Å². The van der Waals surface area contributed by atoms with Gasteiger partial charge in [-0.05, 0) is 37.4 Å².